The Labute approximate surface area is 158 Å². The molecule has 24 heavy (non-hydrogen) atoms. The van der Waals surface area contributed by atoms with Crippen LogP contribution < -0.4 is 10.6 Å². The molecule has 126 valence electrons. The van der Waals surface area contributed by atoms with E-state index in [0.29, 0.717) is 10.7 Å². The van der Waals surface area contributed by atoms with Crippen molar-refractivity contribution >= 4 is 61.3 Å². The molecule has 0 atom stereocenters. The van der Waals surface area contributed by atoms with E-state index in [1.165, 1.54) is 12.0 Å². The number of rotatable bonds is 3. The van der Waals surface area contributed by atoms with Crippen LogP contribution in [0, 0.1) is 0 Å². The van der Waals surface area contributed by atoms with E-state index >= 15 is 0 Å². The van der Waals surface area contributed by atoms with Gasteiger partial charge in [-0.25, -0.2) is 4.79 Å². The van der Waals surface area contributed by atoms with Gasteiger partial charge in [-0.1, -0.05) is 22.0 Å². The van der Waals surface area contributed by atoms with Crippen molar-refractivity contribution in [1.82, 2.24) is 0 Å². The summed E-state index contributed by atoms with van der Waals surface area (Å²) in [5, 5.41) is 7.53. The van der Waals surface area contributed by atoms with Crippen LogP contribution >= 0.6 is 39.5 Å². The molecule has 0 saturated carbocycles. The fraction of sp³-hybridized carbons (Fsp3) is 0.294. The van der Waals surface area contributed by atoms with E-state index in [2.05, 4.69) is 26.6 Å². The van der Waals surface area contributed by atoms with Gasteiger partial charge in [-0.15, -0.1) is 11.3 Å². The maximum absolute atomic E-state index is 12.2. The largest absolute Gasteiger partial charge is 0.465 e. The Morgan fingerprint density at radius 1 is 1.29 bits per heavy atom. The van der Waals surface area contributed by atoms with Gasteiger partial charge in [0.25, 0.3) is 0 Å². The van der Waals surface area contributed by atoms with Gasteiger partial charge in [-0.2, -0.15) is 0 Å². The lowest BCUT2D eigenvalue weighted by atomic mass is 9.95. The van der Waals surface area contributed by atoms with Crippen LogP contribution in [0.3, 0.4) is 0 Å². The van der Waals surface area contributed by atoms with E-state index in [4.69, 9.17) is 17.0 Å². The van der Waals surface area contributed by atoms with Crippen LogP contribution in [0.25, 0.3) is 0 Å². The van der Waals surface area contributed by atoms with Crippen LogP contribution in [0.4, 0.5) is 10.7 Å². The SMILES string of the molecule is COC(=O)c1c(NC(=S)Nc2cccc(Br)c2)sc2c1CCCC2. The van der Waals surface area contributed by atoms with Crippen LogP contribution in [0.5, 0.6) is 0 Å². The standard InChI is InChI=1S/C17H17BrN2O2S2/c1-22-16(21)14-12-7-2-3-8-13(12)24-15(14)20-17(23)19-11-6-4-5-10(18)9-11/h4-6,9H,2-3,7-8H2,1H3,(H2,19,20,23). The first-order chi connectivity index (χ1) is 11.6. The van der Waals surface area contributed by atoms with Crippen LogP contribution in [-0.2, 0) is 17.6 Å². The highest BCUT2D eigenvalue weighted by molar-refractivity contribution is 9.10. The molecule has 1 aliphatic rings. The number of carbonyl (C=O) groups excluding carboxylic acids is 1. The molecule has 0 unspecified atom stereocenters. The Morgan fingerprint density at radius 2 is 2.08 bits per heavy atom. The second-order valence-electron chi connectivity index (χ2n) is 5.50. The minimum Gasteiger partial charge on any atom is -0.465 e. The number of anilines is 2. The highest BCUT2D eigenvalue weighted by Crippen LogP contribution is 2.38. The van der Waals surface area contributed by atoms with E-state index < -0.39 is 0 Å². The number of aryl methyl sites for hydroxylation is 1. The summed E-state index contributed by atoms with van der Waals surface area (Å²) in [6, 6.07) is 7.75. The Hall–Kier alpha value is -1.44. The first-order valence-electron chi connectivity index (χ1n) is 7.65. The van der Waals surface area contributed by atoms with Crippen LogP contribution in [0.2, 0.25) is 0 Å². The molecular weight excluding hydrogens is 408 g/mol. The maximum Gasteiger partial charge on any atom is 0.341 e. The van der Waals surface area contributed by atoms with Gasteiger partial charge in [-0.3, -0.25) is 0 Å². The number of carbonyl (C=O) groups is 1. The second kappa shape index (κ2) is 7.63. The molecule has 1 aromatic heterocycles. The average molecular weight is 425 g/mol. The lowest BCUT2D eigenvalue weighted by molar-refractivity contribution is 0.0601. The zero-order valence-corrected chi connectivity index (χ0v) is 16.4. The third-order valence-electron chi connectivity index (χ3n) is 3.87. The summed E-state index contributed by atoms with van der Waals surface area (Å²) in [6.45, 7) is 0. The third-order valence-corrected chi connectivity index (χ3v) is 5.77. The zero-order chi connectivity index (χ0) is 17.1. The number of esters is 1. The quantitative estimate of drug-likeness (QED) is 0.536. The first-order valence-corrected chi connectivity index (χ1v) is 9.66. The van der Waals surface area contributed by atoms with Crippen molar-refractivity contribution in [3.8, 4) is 0 Å². The molecule has 0 amide bonds. The first kappa shape index (κ1) is 17.4. The minimum atomic E-state index is -0.304. The van der Waals surface area contributed by atoms with Crippen molar-refractivity contribution in [3.05, 3.63) is 44.7 Å². The Bertz CT molecular complexity index is 789. The molecule has 0 spiro atoms. The summed E-state index contributed by atoms with van der Waals surface area (Å²) in [7, 11) is 1.41. The van der Waals surface area contributed by atoms with Gasteiger partial charge in [0.15, 0.2) is 5.11 Å². The monoisotopic (exact) mass is 424 g/mol. The van der Waals surface area contributed by atoms with E-state index in [-0.39, 0.29) is 5.97 Å². The van der Waals surface area contributed by atoms with Gasteiger partial charge in [0.2, 0.25) is 0 Å². The third kappa shape index (κ3) is 3.79. The highest BCUT2D eigenvalue weighted by atomic mass is 79.9. The molecule has 0 fully saturated rings. The Morgan fingerprint density at radius 3 is 2.83 bits per heavy atom. The summed E-state index contributed by atoms with van der Waals surface area (Å²) in [4.78, 5) is 13.5. The van der Waals surface area contributed by atoms with Gasteiger partial charge >= 0.3 is 5.97 Å². The van der Waals surface area contributed by atoms with E-state index in [9.17, 15) is 4.79 Å². The summed E-state index contributed by atoms with van der Waals surface area (Å²) in [5.41, 5.74) is 2.63. The van der Waals surface area contributed by atoms with Crippen LogP contribution in [0.1, 0.15) is 33.6 Å². The van der Waals surface area contributed by atoms with Gasteiger partial charge < -0.3 is 15.4 Å². The molecule has 1 aromatic carbocycles. The normalized spacial score (nSPS) is 13.1. The number of hydrogen-bond acceptors (Lipinski definition) is 4. The summed E-state index contributed by atoms with van der Waals surface area (Å²) in [6.07, 6.45) is 4.20. The lowest BCUT2D eigenvalue weighted by Crippen LogP contribution is -2.20. The summed E-state index contributed by atoms with van der Waals surface area (Å²) >= 11 is 10.4. The van der Waals surface area contributed by atoms with Gasteiger partial charge in [0.05, 0.1) is 12.7 Å². The average Bonchev–Trinajstić information content (AvgIpc) is 2.91. The predicted octanol–water partition coefficient (Wildman–Crippen LogP) is 4.98. The van der Waals surface area contributed by atoms with Crippen LogP contribution in [0.15, 0.2) is 28.7 Å². The molecule has 2 aromatic rings. The molecule has 3 rings (SSSR count). The molecule has 0 aliphatic heterocycles. The van der Waals surface area contributed by atoms with E-state index in [0.717, 1.165) is 46.4 Å². The number of ether oxygens (including phenoxy) is 1. The highest BCUT2D eigenvalue weighted by Gasteiger charge is 2.26. The van der Waals surface area contributed by atoms with E-state index in [1.807, 2.05) is 24.3 Å². The van der Waals surface area contributed by atoms with Crippen molar-refractivity contribution in [2.75, 3.05) is 17.7 Å². The maximum atomic E-state index is 12.2. The van der Waals surface area contributed by atoms with Crippen molar-refractivity contribution < 1.29 is 9.53 Å². The number of benzene rings is 1. The predicted molar refractivity (Wildman–Crippen MR) is 106 cm³/mol. The van der Waals surface area contributed by atoms with Crippen LogP contribution in [-0.4, -0.2) is 18.2 Å². The number of hydrogen-bond donors (Lipinski definition) is 2. The Kier molecular flexibility index (Phi) is 5.53. The number of thiocarbonyl (C=S) groups is 1. The van der Waals surface area contributed by atoms with E-state index in [1.54, 1.807) is 11.3 Å². The number of halogens is 1. The number of fused-ring (bicyclic) bond motifs is 1. The van der Waals surface area contributed by atoms with Crippen molar-refractivity contribution in [2.45, 2.75) is 25.7 Å². The number of methoxy groups -OCH3 is 1. The van der Waals surface area contributed by atoms with Gasteiger partial charge in [-0.05, 0) is 61.7 Å². The molecule has 2 N–H and O–H groups in total. The molecular formula is C17H17BrN2O2S2. The molecule has 4 nitrogen and oxygen atoms in total. The summed E-state index contributed by atoms with van der Waals surface area (Å²) in [5.74, 6) is -0.304. The minimum absolute atomic E-state index is 0.304. The molecule has 0 bridgehead atoms. The lowest BCUT2D eigenvalue weighted by Gasteiger charge is -2.12. The fourth-order valence-electron chi connectivity index (χ4n) is 2.80. The molecule has 0 saturated heterocycles. The van der Waals surface area contributed by atoms with Gasteiger partial charge in [0, 0.05) is 15.0 Å². The Balaban J connectivity index is 1.82. The molecule has 1 aliphatic carbocycles. The molecule has 1 heterocycles. The topological polar surface area (TPSA) is 50.4 Å². The second-order valence-corrected chi connectivity index (χ2v) is 7.93. The van der Waals surface area contributed by atoms with Gasteiger partial charge in [0.1, 0.15) is 5.00 Å². The summed E-state index contributed by atoms with van der Waals surface area (Å²) < 4.78 is 5.94. The number of nitrogens with one attached hydrogen (secondary N) is 2. The van der Waals surface area contributed by atoms with Crippen molar-refractivity contribution in [3.63, 3.8) is 0 Å². The zero-order valence-electron chi connectivity index (χ0n) is 13.1. The molecule has 7 heteroatoms. The fourth-order valence-corrected chi connectivity index (χ4v) is 4.77. The molecule has 0 radical (unpaired) electrons. The van der Waals surface area contributed by atoms with Crippen molar-refractivity contribution in [2.24, 2.45) is 0 Å². The van der Waals surface area contributed by atoms with Crippen molar-refractivity contribution in [1.29, 1.82) is 0 Å². The number of thiophene rings is 1. The smallest absolute Gasteiger partial charge is 0.341 e.